The van der Waals surface area contributed by atoms with Gasteiger partial charge in [0.1, 0.15) is 0 Å². The highest BCUT2D eigenvalue weighted by atomic mass is 15.1. The molecule has 0 saturated heterocycles. The maximum Gasteiger partial charge on any atom is 0.0540 e. The number of benzene rings is 10. The van der Waals surface area contributed by atoms with Gasteiger partial charge in [-0.05, 0) is 102 Å². The zero-order valence-corrected chi connectivity index (χ0v) is 31.5. The van der Waals surface area contributed by atoms with Crippen LogP contribution in [0.5, 0.6) is 0 Å². The van der Waals surface area contributed by atoms with Gasteiger partial charge in [0.15, 0.2) is 0 Å². The van der Waals surface area contributed by atoms with Crippen LogP contribution in [0.15, 0.2) is 237 Å². The number of anilines is 3. The van der Waals surface area contributed by atoms with Gasteiger partial charge in [-0.3, -0.25) is 0 Å². The molecule has 0 aromatic heterocycles. The molecule has 0 aliphatic rings. The Morgan fingerprint density at radius 2 is 0.561 bits per heavy atom. The zero-order valence-electron chi connectivity index (χ0n) is 31.5. The molecule has 0 N–H and O–H groups in total. The van der Waals surface area contributed by atoms with E-state index in [9.17, 15) is 0 Å². The summed E-state index contributed by atoms with van der Waals surface area (Å²) in [5.41, 5.74) is 15.5. The highest BCUT2D eigenvalue weighted by molar-refractivity contribution is 6.01. The Bertz CT molecular complexity index is 2990. The average molecular weight is 726 g/mol. The number of hydrogen-bond acceptors (Lipinski definition) is 1. The Labute approximate surface area is 334 Å². The van der Waals surface area contributed by atoms with Crippen LogP contribution >= 0.6 is 0 Å². The molecule has 0 amide bonds. The molecule has 0 heterocycles. The Hall–Kier alpha value is -7.48. The molecule has 0 bridgehead atoms. The van der Waals surface area contributed by atoms with Crippen molar-refractivity contribution in [1.29, 1.82) is 0 Å². The lowest BCUT2D eigenvalue weighted by molar-refractivity contribution is 1.30. The molecule has 0 fully saturated rings. The first-order valence-electron chi connectivity index (χ1n) is 19.6. The zero-order chi connectivity index (χ0) is 38.0. The molecule has 0 spiro atoms. The number of hydrogen-bond donors (Lipinski definition) is 0. The molecule has 0 unspecified atom stereocenters. The van der Waals surface area contributed by atoms with Gasteiger partial charge in [0.05, 0.1) is 5.69 Å². The highest BCUT2D eigenvalue weighted by Crippen LogP contribution is 2.44. The van der Waals surface area contributed by atoms with E-state index in [4.69, 9.17) is 0 Å². The Morgan fingerprint density at radius 1 is 0.211 bits per heavy atom. The lowest BCUT2D eigenvalue weighted by Gasteiger charge is -2.27. The molecule has 0 radical (unpaired) electrons. The summed E-state index contributed by atoms with van der Waals surface area (Å²) in [5.74, 6) is 0. The van der Waals surface area contributed by atoms with Gasteiger partial charge in [-0.25, -0.2) is 0 Å². The van der Waals surface area contributed by atoms with Crippen LogP contribution in [0.25, 0.3) is 77.2 Å². The van der Waals surface area contributed by atoms with Gasteiger partial charge in [-0.2, -0.15) is 0 Å². The Kier molecular flexibility index (Phi) is 8.95. The summed E-state index contributed by atoms with van der Waals surface area (Å²) in [6, 6.07) is 85.5. The monoisotopic (exact) mass is 725 g/mol. The molecular weight excluding hydrogens is 687 g/mol. The summed E-state index contributed by atoms with van der Waals surface area (Å²) in [5, 5.41) is 4.93. The third-order valence-electron chi connectivity index (χ3n) is 11.1. The van der Waals surface area contributed by atoms with Crippen LogP contribution in [0.4, 0.5) is 17.1 Å². The first-order valence-corrected chi connectivity index (χ1v) is 19.6. The van der Waals surface area contributed by atoms with Crippen molar-refractivity contribution < 1.29 is 0 Å². The van der Waals surface area contributed by atoms with E-state index >= 15 is 0 Å². The van der Waals surface area contributed by atoms with Crippen molar-refractivity contribution >= 4 is 38.6 Å². The minimum atomic E-state index is 1.10. The summed E-state index contributed by atoms with van der Waals surface area (Å²) in [6.07, 6.45) is 0. The summed E-state index contributed by atoms with van der Waals surface area (Å²) in [4.78, 5) is 2.39. The van der Waals surface area contributed by atoms with Crippen molar-refractivity contribution in [3.63, 3.8) is 0 Å². The summed E-state index contributed by atoms with van der Waals surface area (Å²) in [7, 11) is 0. The van der Waals surface area contributed by atoms with Gasteiger partial charge >= 0.3 is 0 Å². The number of fused-ring (bicyclic) bond motifs is 2. The second kappa shape index (κ2) is 15.0. The lowest BCUT2D eigenvalue weighted by Crippen LogP contribution is -2.10. The first kappa shape index (κ1) is 34.0. The fraction of sp³-hybridized carbons (Fsp3) is 0. The third-order valence-corrected chi connectivity index (χ3v) is 11.1. The lowest BCUT2D eigenvalue weighted by atomic mass is 9.87. The van der Waals surface area contributed by atoms with E-state index in [0.717, 1.165) is 17.1 Å². The highest BCUT2D eigenvalue weighted by Gasteiger charge is 2.18. The molecule has 0 aliphatic heterocycles. The van der Waals surface area contributed by atoms with E-state index < -0.39 is 0 Å². The quantitative estimate of drug-likeness (QED) is 0.151. The predicted octanol–water partition coefficient (Wildman–Crippen LogP) is 15.8. The maximum atomic E-state index is 2.39. The molecule has 0 saturated carbocycles. The molecule has 57 heavy (non-hydrogen) atoms. The standard InChI is InChI=1S/C56H39N/c1-2-16-40(17-3-1)49-23-8-10-26-52(49)54-28-12-13-29-55(54)53-27-11-9-24-50(53)44-34-38-46(39-35-44)57(56-31-15-21-42-19-5-7-25-51(42)56)45-36-32-43(33-37-45)48-30-14-20-41-18-4-6-22-47(41)48/h1-39H. The van der Waals surface area contributed by atoms with Crippen LogP contribution < -0.4 is 4.90 Å². The summed E-state index contributed by atoms with van der Waals surface area (Å²) >= 11 is 0. The molecule has 1 heteroatoms. The van der Waals surface area contributed by atoms with Gasteiger partial charge in [0.2, 0.25) is 0 Å². The first-order chi connectivity index (χ1) is 28.3. The van der Waals surface area contributed by atoms with Crippen molar-refractivity contribution in [1.82, 2.24) is 0 Å². The number of rotatable bonds is 8. The van der Waals surface area contributed by atoms with Crippen molar-refractivity contribution in [2.45, 2.75) is 0 Å². The van der Waals surface area contributed by atoms with Crippen LogP contribution in [-0.2, 0) is 0 Å². The van der Waals surface area contributed by atoms with Crippen LogP contribution in [0.1, 0.15) is 0 Å². The van der Waals surface area contributed by atoms with Gasteiger partial charge < -0.3 is 4.90 Å². The smallest absolute Gasteiger partial charge is 0.0540 e. The molecular formula is C56H39N. The van der Waals surface area contributed by atoms with Crippen LogP contribution in [0, 0.1) is 0 Å². The minimum Gasteiger partial charge on any atom is -0.310 e. The van der Waals surface area contributed by atoms with E-state index in [1.54, 1.807) is 0 Å². The van der Waals surface area contributed by atoms with E-state index in [1.807, 2.05) is 0 Å². The Morgan fingerprint density at radius 3 is 1.12 bits per heavy atom. The summed E-state index contributed by atoms with van der Waals surface area (Å²) in [6.45, 7) is 0. The van der Waals surface area contributed by atoms with Gasteiger partial charge in [-0.1, -0.05) is 206 Å². The third kappa shape index (κ3) is 6.46. The Balaban J connectivity index is 1.06. The minimum absolute atomic E-state index is 1.10. The molecule has 10 aromatic carbocycles. The van der Waals surface area contributed by atoms with Crippen molar-refractivity contribution in [3.05, 3.63) is 237 Å². The SMILES string of the molecule is c1ccc(-c2ccccc2-c2ccccc2-c2ccccc2-c2ccc(N(c3ccc(-c4cccc5ccccc45)cc3)c3cccc4ccccc34)cc2)cc1. The second-order valence-corrected chi connectivity index (χ2v) is 14.5. The molecule has 10 aromatic rings. The van der Waals surface area contributed by atoms with Crippen LogP contribution in [0.2, 0.25) is 0 Å². The van der Waals surface area contributed by atoms with E-state index in [-0.39, 0.29) is 0 Å². The van der Waals surface area contributed by atoms with Crippen LogP contribution in [-0.4, -0.2) is 0 Å². The maximum absolute atomic E-state index is 2.39. The molecule has 0 aliphatic carbocycles. The topological polar surface area (TPSA) is 3.24 Å². The fourth-order valence-electron chi connectivity index (χ4n) is 8.40. The van der Waals surface area contributed by atoms with E-state index in [2.05, 4.69) is 241 Å². The van der Waals surface area contributed by atoms with Crippen molar-refractivity contribution in [2.75, 3.05) is 4.90 Å². The van der Waals surface area contributed by atoms with Gasteiger partial charge in [-0.15, -0.1) is 0 Å². The molecule has 1 nitrogen and oxygen atoms in total. The van der Waals surface area contributed by atoms with Crippen molar-refractivity contribution in [2.24, 2.45) is 0 Å². The fourth-order valence-corrected chi connectivity index (χ4v) is 8.40. The van der Waals surface area contributed by atoms with Crippen LogP contribution in [0.3, 0.4) is 0 Å². The predicted molar refractivity (Wildman–Crippen MR) is 243 cm³/mol. The largest absolute Gasteiger partial charge is 0.310 e. The van der Waals surface area contributed by atoms with E-state index in [0.29, 0.717) is 0 Å². The normalized spacial score (nSPS) is 11.2. The second-order valence-electron chi connectivity index (χ2n) is 14.5. The van der Waals surface area contributed by atoms with Crippen molar-refractivity contribution in [3.8, 4) is 55.6 Å². The molecule has 0 atom stereocenters. The molecule has 10 rings (SSSR count). The number of nitrogens with zero attached hydrogens (tertiary/aromatic N) is 1. The van der Waals surface area contributed by atoms with E-state index in [1.165, 1.54) is 77.2 Å². The van der Waals surface area contributed by atoms with Gasteiger partial charge in [0, 0.05) is 16.8 Å². The average Bonchev–Trinajstić information content (AvgIpc) is 3.30. The van der Waals surface area contributed by atoms with Gasteiger partial charge in [0.25, 0.3) is 0 Å². The summed E-state index contributed by atoms with van der Waals surface area (Å²) < 4.78 is 0. The molecule has 268 valence electrons.